The molecule has 0 bridgehead atoms. The number of allylic oxidation sites excluding steroid dienone is 7. The van der Waals surface area contributed by atoms with Gasteiger partial charge in [0.1, 0.15) is 0 Å². The van der Waals surface area contributed by atoms with Crippen molar-refractivity contribution in [3.8, 4) is 0 Å². The minimum absolute atomic E-state index is 0.00932. The van der Waals surface area contributed by atoms with Gasteiger partial charge in [0.05, 0.1) is 0 Å². The van der Waals surface area contributed by atoms with Crippen LogP contribution in [0.4, 0.5) is 0 Å². The highest BCUT2D eigenvalue weighted by atomic mass is 14.7. The molecule has 0 aromatic heterocycles. The Kier molecular flexibility index (Phi) is 6.83. The second-order valence-corrected chi connectivity index (χ2v) is 14.5. The molecule has 0 spiro atoms. The summed E-state index contributed by atoms with van der Waals surface area (Å²) in [6.45, 7) is 43.1. The van der Waals surface area contributed by atoms with E-state index in [0.717, 1.165) is 12.0 Å². The first-order chi connectivity index (χ1) is 17.4. The fraction of sp³-hybridized carbons (Fsp3) is 0.579. The molecular formula is C38H54. The van der Waals surface area contributed by atoms with Crippen LogP contribution in [0.1, 0.15) is 130 Å². The van der Waals surface area contributed by atoms with Gasteiger partial charge in [-0.25, -0.2) is 0 Å². The lowest BCUT2D eigenvalue weighted by Crippen LogP contribution is -2.58. The summed E-state index contributed by atoms with van der Waals surface area (Å²) < 4.78 is 0. The third-order valence-electron chi connectivity index (χ3n) is 12.4. The molecule has 5 atom stereocenters. The van der Waals surface area contributed by atoms with Gasteiger partial charge in [-0.05, 0) is 108 Å². The van der Waals surface area contributed by atoms with Gasteiger partial charge < -0.3 is 0 Å². The second kappa shape index (κ2) is 8.97. The minimum Gasteiger partial charge on any atom is -0.0955 e. The predicted molar refractivity (Wildman–Crippen MR) is 169 cm³/mol. The molecule has 0 nitrogen and oxygen atoms in total. The Balaban J connectivity index is 2.03. The van der Waals surface area contributed by atoms with Gasteiger partial charge in [-0.1, -0.05) is 117 Å². The molecule has 0 fully saturated rings. The molecule has 1 aromatic carbocycles. The molecule has 0 amide bonds. The maximum absolute atomic E-state index is 4.92. The SMILES string of the molecule is C=C(C)C1=C(C)C[C@@]2(C)[C@H](C)[C@]3(C)C(=C(C)[C@@]2(C)C1=C)C(=C)c1c(ccc(C(C)(C)CCCC)c1C)[C@H]3C. The van der Waals surface area contributed by atoms with Gasteiger partial charge in [-0.3, -0.25) is 0 Å². The van der Waals surface area contributed by atoms with E-state index in [-0.39, 0.29) is 21.7 Å². The summed E-state index contributed by atoms with van der Waals surface area (Å²) in [6, 6.07) is 4.91. The van der Waals surface area contributed by atoms with Crippen molar-refractivity contribution in [1.29, 1.82) is 0 Å². The first-order valence-electron chi connectivity index (χ1n) is 15.0. The summed E-state index contributed by atoms with van der Waals surface area (Å²) in [6.07, 6.45) is 4.80. The number of rotatable bonds is 5. The van der Waals surface area contributed by atoms with Crippen molar-refractivity contribution in [2.45, 2.75) is 120 Å². The number of fused-ring (bicyclic) bond motifs is 3. The molecule has 0 aliphatic heterocycles. The quantitative estimate of drug-likeness (QED) is 0.369. The number of benzene rings is 1. The fourth-order valence-corrected chi connectivity index (χ4v) is 9.63. The topological polar surface area (TPSA) is 0 Å². The molecule has 3 aliphatic carbocycles. The van der Waals surface area contributed by atoms with Crippen LogP contribution in [0.2, 0.25) is 0 Å². The van der Waals surface area contributed by atoms with Crippen LogP contribution in [0, 0.1) is 29.1 Å². The minimum atomic E-state index is -0.138. The van der Waals surface area contributed by atoms with Crippen molar-refractivity contribution in [2.75, 3.05) is 0 Å². The largest absolute Gasteiger partial charge is 0.0955 e. The summed E-state index contributed by atoms with van der Waals surface area (Å²) in [7, 11) is 0. The molecule has 4 rings (SSSR count). The van der Waals surface area contributed by atoms with Crippen molar-refractivity contribution in [2.24, 2.45) is 22.2 Å². The van der Waals surface area contributed by atoms with Crippen molar-refractivity contribution in [1.82, 2.24) is 0 Å². The Morgan fingerprint density at radius 2 is 1.66 bits per heavy atom. The Morgan fingerprint density at radius 3 is 2.21 bits per heavy atom. The van der Waals surface area contributed by atoms with Gasteiger partial charge in [0.25, 0.3) is 0 Å². The highest BCUT2D eigenvalue weighted by molar-refractivity contribution is 5.88. The lowest BCUT2D eigenvalue weighted by atomic mass is 9.36. The maximum atomic E-state index is 4.92. The third-order valence-corrected chi connectivity index (χ3v) is 12.4. The van der Waals surface area contributed by atoms with E-state index in [1.165, 1.54) is 75.0 Å². The zero-order valence-corrected chi connectivity index (χ0v) is 26.8. The van der Waals surface area contributed by atoms with Crippen molar-refractivity contribution in [3.05, 3.63) is 87.6 Å². The van der Waals surface area contributed by atoms with E-state index in [4.69, 9.17) is 13.2 Å². The number of unbranched alkanes of at least 4 members (excludes halogenated alkanes) is 1. The summed E-state index contributed by atoms with van der Waals surface area (Å²) in [5.41, 5.74) is 15.3. The average molecular weight is 511 g/mol. The zero-order valence-electron chi connectivity index (χ0n) is 26.8. The lowest BCUT2D eigenvalue weighted by Gasteiger charge is -2.67. The highest BCUT2D eigenvalue weighted by Crippen LogP contribution is 2.74. The second-order valence-electron chi connectivity index (χ2n) is 14.5. The van der Waals surface area contributed by atoms with Gasteiger partial charge in [0.15, 0.2) is 0 Å². The molecule has 1 aromatic rings. The Morgan fingerprint density at radius 1 is 1.05 bits per heavy atom. The molecule has 0 N–H and O–H groups in total. The summed E-state index contributed by atoms with van der Waals surface area (Å²) in [5, 5.41) is 0. The van der Waals surface area contributed by atoms with Crippen LogP contribution in [0.3, 0.4) is 0 Å². The van der Waals surface area contributed by atoms with Gasteiger partial charge >= 0.3 is 0 Å². The summed E-state index contributed by atoms with van der Waals surface area (Å²) in [4.78, 5) is 0. The molecule has 0 saturated heterocycles. The van der Waals surface area contributed by atoms with E-state index < -0.39 is 0 Å². The number of hydrogen-bond donors (Lipinski definition) is 0. The van der Waals surface area contributed by atoms with E-state index >= 15 is 0 Å². The monoisotopic (exact) mass is 510 g/mol. The van der Waals surface area contributed by atoms with Crippen LogP contribution in [0.5, 0.6) is 0 Å². The van der Waals surface area contributed by atoms with E-state index in [0.29, 0.717) is 11.8 Å². The number of hydrogen-bond acceptors (Lipinski definition) is 0. The molecule has 3 aliphatic rings. The molecule has 0 heterocycles. The first-order valence-corrected chi connectivity index (χ1v) is 15.0. The molecule has 206 valence electrons. The maximum Gasteiger partial charge on any atom is 0.0196 e. The van der Waals surface area contributed by atoms with Gasteiger partial charge in [0, 0.05) is 10.8 Å². The third kappa shape index (κ3) is 3.40. The molecule has 0 unspecified atom stereocenters. The van der Waals surface area contributed by atoms with Crippen LogP contribution >= 0.6 is 0 Å². The van der Waals surface area contributed by atoms with Crippen LogP contribution in [0.15, 0.2) is 65.3 Å². The van der Waals surface area contributed by atoms with Crippen LogP contribution in [-0.2, 0) is 5.41 Å². The average Bonchev–Trinajstić information content (AvgIpc) is 2.82. The zero-order chi connectivity index (χ0) is 28.7. The smallest absolute Gasteiger partial charge is 0.0196 e. The predicted octanol–water partition coefficient (Wildman–Crippen LogP) is 11.4. The van der Waals surface area contributed by atoms with Crippen LogP contribution in [-0.4, -0.2) is 0 Å². The normalized spacial score (nSPS) is 33.3. The van der Waals surface area contributed by atoms with E-state index in [1.54, 1.807) is 0 Å². The summed E-state index contributed by atoms with van der Waals surface area (Å²) in [5.74, 6) is 0.869. The Hall–Kier alpha value is -2.08. The molecule has 0 saturated carbocycles. The van der Waals surface area contributed by atoms with Gasteiger partial charge in [-0.15, -0.1) is 0 Å². The Labute approximate surface area is 235 Å². The summed E-state index contributed by atoms with van der Waals surface area (Å²) >= 11 is 0. The van der Waals surface area contributed by atoms with E-state index in [2.05, 4.69) is 102 Å². The lowest BCUT2D eigenvalue weighted by molar-refractivity contribution is -0.0261. The van der Waals surface area contributed by atoms with Crippen molar-refractivity contribution < 1.29 is 0 Å². The molecule has 38 heavy (non-hydrogen) atoms. The van der Waals surface area contributed by atoms with Gasteiger partial charge in [0.2, 0.25) is 0 Å². The standard InChI is InChI=1S/C38H54/c1-16-17-20-35(11,12)31-19-18-30-26(7)37(14)29(10)36(13)21-23(4)32(22(2)3)27(8)38(36,15)28(9)34(37)25(6)33(30)24(31)5/h18-19,26,29H,2,6,8,16-17,20-21H2,1,3-5,7,9-15H3/t26-,29+,36+,37-,38-/m1/s1. The van der Waals surface area contributed by atoms with Crippen LogP contribution in [0.25, 0.3) is 5.57 Å². The Bertz CT molecular complexity index is 1310. The van der Waals surface area contributed by atoms with Crippen molar-refractivity contribution >= 4 is 5.57 Å². The van der Waals surface area contributed by atoms with Crippen LogP contribution < -0.4 is 0 Å². The van der Waals surface area contributed by atoms with E-state index in [1.807, 2.05) is 0 Å². The van der Waals surface area contributed by atoms with Gasteiger partial charge in [-0.2, -0.15) is 0 Å². The fourth-order valence-electron chi connectivity index (χ4n) is 9.63. The first kappa shape index (κ1) is 28.9. The molecule has 0 heteroatoms. The van der Waals surface area contributed by atoms with E-state index in [9.17, 15) is 0 Å². The molecule has 0 radical (unpaired) electrons. The highest BCUT2D eigenvalue weighted by Gasteiger charge is 2.65. The van der Waals surface area contributed by atoms with Crippen molar-refractivity contribution in [3.63, 3.8) is 0 Å². The molecular weight excluding hydrogens is 456 g/mol.